The maximum atomic E-state index is 13.4. The Morgan fingerprint density at radius 2 is 2.00 bits per heavy atom. The maximum absolute atomic E-state index is 13.4. The second-order valence-electron chi connectivity index (χ2n) is 4.51. The van der Waals surface area contributed by atoms with Crippen LogP contribution in [-0.4, -0.2) is 34.7 Å². The van der Waals surface area contributed by atoms with E-state index in [1.54, 1.807) is 19.1 Å². The third-order valence-electron chi connectivity index (χ3n) is 2.46. The summed E-state index contributed by atoms with van der Waals surface area (Å²) in [6.07, 6.45) is -0.626. The average Bonchev–Trinajstić information content (AvgIpc) is 2.28. The molecule has 2 N–H and O–H groups in total. The Hall–Kier alpha value is -1.62. The molecule has 1 atom stereocenters. The topological polar surface area (TPSA) is 52.6 Å². The SMILES string of the molecule is CC(O)CN(C(=O)Nc1ccccc1F)C(C)C. The van der Waals surface area contributed by atoms with E-state index < -0.39 is 18.0 Å². The fraction of sp³-hybridized carbons (Fsp3) is 0.462. The minimum Gasteiger partial charge on any atom is -0.392 e. The first-order valence-electron chi connectivity index (χ1n) is 5.92. The molecular formula is C13H19FN2O2. The molecule has 18 heavy (non-hydrogen) atoms. The van der Waals surface area contributed by atoms with Crippen LogP contribution >= 0.6 is 0 Å². The Kier molecular flexibility index (Phi) is 5.09. The number of hydrogen-bond acceptors (Lipinski definition) is 2. The molecule has 4 nitrogen and oxygen atoms in total. The quantitative estimate of drug-likeness (QED) is 0.867. The van der Waals surface area contributed by atoms with Gasteiger partial charge in [0.1, 0.15) is 5.82 Å². The van der Waals surface area contributed by atoms with Crippen molar-refractivity contribution in [1.82, 2.24) is 4.90 Å². The van der Waals surface area contributed by atoms with Crippen LogP contribution in [-0.2, 0) is 0 Å². The summed E-state index contributed by atoms with van der Waals surface area (Å²) in [7, 11) is 0. The Balaban J connectivity index is 2.76. The number of urea groups is 1. The van der Waals surface area contributed by atoms with Crippen molar-refractivity contribution in [1.29, 1.82) is 0 Å². The molecule has 0 aliphatic carbocycles. The minimum atomic E-state index is -0.626. The summed E-state index contributed by atoms with van der Waals surface area (Å²) in [4.78, 5) is 13.4. The van der Waals surface area contributed by atoms with Gasteiger partial charge in [0.15, 0.2) is 0 Å². The molecule has 100 valence electrons. The highest BCUT2D eigenvalue weighted by Gasteiger charge is 2.19. The number of halogens is 1. The smallest absolute Gasteiger partial charge is 0.322 e. The molecule has 0 spiro atoms. The zero-order valence-electron chi connectivity index (χ0n) is 10.9. The van der Waals surface area contributed by atoms with Gasteiger partial charge in [-0.1, -0.05) is 12.1 Å². The van der Waals surface area contributed by atoms with Crippen LogP contribution in [0.1, 0.15) is 20.8 Å². The molecule has 2 amide bonds. The Labute approximate surface area is 106 Å². The first-order chi connectivity index (χ1) is 8.41. The zero-order valence-corrected chi connectivity index (χ0v) is 10.9. The van der Waals surface area contributed by atoms with Gasteiger partial charge < -0.3 is 15.3 Å². The van der Waals surface area contributed by atoms with Crippen LogP contribution in [0.15, 0.2) is 24.3 Å². The summed E-state index contributed by atoms with van der Waals surface area (Å²) in [5.41, 5.74) is 0.138. The van der Waals surface area contributed by atoms with Gasteiger partial charge in [-0.2, -0.15) is 0 Å². The van der Waals surface area contributed by atoms with Gasteiger partial charge in [0, 0.05) is 12.6 Å². The molecule has 0 heterocycles. The van der Waals surface area contributed by atoms with Crippen molar-refractivity contribution >= 4 is 11.7 Å². The highest BCUT2D eigenvalue weighted by Crippen LogP contribution is 2.14. The van der Waals surface area contributed by atoms with Gasteiger partial charge in [-0.3, -0.25) is 0 Å². The first-order valence-corrected chi connectivity index (χ1v) is 5.92. The number of anilines is 1. The average molecular weight is 254 g/mol. The molecule has 1 aromatic carbocycles. The first kappa shape index (κ1) is 14.4. The standard InChI is InChI=1S/C13H19FN2O2/c1-9(2)16(8-10(3)17)13(18)15-12-7-5-4-6-11(12)14/h4-7,9-10,17H,8H2,1-3H3,(H,15,18). The highest BCUT2D eigenvalue weighted by molar-refractivity contribution is 5.89. The predicted octanol–water partition coefficient (Wildman–Crippen LogP) is 2.45. The Morgan fingerprint density at radius 3 is 2.50 bits per heavy atom. The number of benzene rings is 1. The summed E-state index contributed by atoms with van der Waals surface area (Å²) < 4.78 is 13.4. The molecule has 0 fully saturated rings. The second kappa shape index (κ2) is 6.35. The second-order valence-corrected chi connectivity index (χ2v) is 4.51. The summed E-state index contributed by atoms with van der Waals surface area (Å²) in [5, 5.41) is 11.8. The molecule has 0 aromatic heterocycles. The monoisotopic (exact) mass is 254 g/mol. The number of hydrogen-bond donors (Lipinski definition) is 2. The van der Waals surface area contributed by atoms with Gasteiger partial charge >= 0.3 is 6.03 Å². The van der Waals surface area contributed by atoms with E-state index in [0.717, 1.165) is 0 Å². The molecule has 0 bridgehead atoms. The lowest BCUT2D eigenvalue weighted by atomic mass is 10.2. The van der Waals surface area contributed by atoms with Crippen molar-refractivity contribution in [3.05, 3.63) is 30.1 Å². The lowest BCUT2D eigenvalue weighted by Gasteiger charge is -2.28. The summed E-state index contributed by atoms with van der Waals surface area (Å²) >= 11 is 0. The Morgan fingerprint density at radius 1 is 1.39 bits per heavy atom. The molecule has 1 rings (SSSR count). The van der Waals surface area contributed by atoms with E-state index in [1.807, 2.05) is 13.8 Å². The van der Waals surface area contributed by atoms with E-state index in [1.165, 1.54) is 17.0 Å². The van der Waals surface area contributed by atoms with Crippen molar-refractivity contribution in [3.63, 3.8) is 0 Å². The van der Waals surface area contributed by atoms with Crippen LogP contribution in [0.25, 0.3) is 0 Å². The van der Waals surface area contributed by atoms with Crippen LogP contribution < -0.4 is 5.32 Å². The normalized spacial score (nSPS) is 12.3. The number of nitrogens with zero attached hydrogens (tertiary/aromatic N) is 1. The van der Waals surface area contributed by atoms with Crippen LogP contribution in [0.5, 0.6) is 0 Å². The Bertz CT molecular complexity index is 408. The number of para-hydroxylation sites is 1. The molecule has 1 unspecified atom stereocenters. The fourth-order valence-corrected chi connectivity index (χ4v) is 1.56. The third kappa shape index (κ3) is 4.00. The van der Waals surface area contributed by atoms with Crippen molar-refractivity contribution < 1.29 is 14.3 Å². The lowest BCUT2D eigenvalue weighted by Crippen LogP contribution is -2.43. The summed E-state index contributed by atoms with van der Waals surface area (Å²) in [6, 6.07) is 5.48. The molecule has 0 saturated heterocycles. The van der Waals surface area contributed by atoms with Crippen LogP contribution in [0.2, 0.25) is 0 Å². The molecule has 0 radical (unpaired) electrons. The number of aliphatic hydroxyl groups is 1. The molecular weight excluding hydrogens is 235 g/mol. The van der Waals surface area contributed by atoms with E-state index >= 15 is 0 Å². The third-order valence-corrected chi connectivity index (χ3v) is 2.46. The number of carbonyl (C=O) groups excluding carboxylic acids is 1. The molecule has 1 aromatic rings. The predicted molar refractivity (Wildman–Crippen MR) is 68.9 cm³/mol. The van der Waals surface area contributed by atoms with Gasteiger partial charge in [0.05, 0.1) is 11.8 Å². The molecule has 0 saturated carbocycles. The van der Waals surface area contributed by atoms with E-state index in [4.69, 9.17) is 0 Å². The highest BCUT2D eigenvalue weighted by atomic mass is 19.1. The lowest BCUT2D eigenvalue weighted by molar-refractivity contribution is 0.125. The van der Waals surface area contributed by atoms with Crippen molar-refractivity contribution in [2.24, 2.45) is 0 Å². The number of carbonyl (C=O) groups is 1. The number of aliphatic hydroxyl groups excluding tert-OH is 1. The van der Waals surface area contributed by atoms with Crippen LogP contribution in [0, 0.1) is 5.82 Å². The van der Waals surface area contributed by atoms with Gasteiger partial charge in [-0.05, 0) is 32.9 Å². The number of rotatable bonds is 4. The summed E-state index contributed by atoms with van der Waals surface area (Å²) in [5.74, 6) is -0.480. The minimum absolute atomic E-state index is 0.0774. The number of amides is 2. The molecule has 5 heteroatoms. The largest absolute Gasteiger partial charge is 0.392 e. The molecule has 0 aliphatic rings. The van der Waals surface area contributed by atoms with Gasteiger partial charge in [0.25, 0.3) is 0 Å². The van der Waals surface area contributed by atoms with Gasteiger partial charge in [-0.25, -0.2) is 9.18 Å². The van der Waals surface area contributed by atoms with E-state index in [-0.39, 0.29) is 18.3 Å². The van der Waals surface area contributed by atoms with Crippen molar-refractivity contribution in [3.8, 4) is 0 Å². The fourth-order valence-electron chi connectivity index (χ4n) is 1.56. The van der Waals surface area contributed by atoms with Crippen LogP contribution in [0.3, 0.4) is 0 Å². The number of nitrogens with one attached hydrogen (secondary N) is 1. The zero-order chi connectivity index (χ0) is 13.7. The van der Waals surface area contributed by atoms with Gasteiger partial charge in [0.2, 0.25) is 0 Å². The van der Waals surface area contributed by atoms with Crippen LogP contribution in [0.4, 0.5) is 14.9 Å². The van der Waals surface area contributed by atoms with E-state index in [2.05, 4.69) is 5.32 Å². The maximum Gasteiger partial charge on any atom is 0.322 e. The summed E-state index contributed by atoms with van der Waals surface area (Å²) in [6.45, 7) is 5.48. The van der Waals surface area contributed by atoms with E-state index in [9.17, 15) is 14.3 Å². The molecule has 0 aliphatic heterocycles. The van der Waals surface area contributed by atoms with E-state index in [0.29, 0.717) is 0 Å². The van der Waals surface area contributed by atoms with Crippen molar-refractivity contribution in [2.75, 3.05) is 11.9 Å². The van der Waals surface area contributed by atoms with Crippen molar-refractivity contribution in [2.45, 2.75) is 32.9 Å². The van der Waals surface area contributed by atoms with Gasteiger partial charge in [-0.15, -0.1) is 0 Å².